The van der Waals surface area contributed by atoms with Crippen molar-refractivity contribution in [3.63, 3.8) is 0 Å². The van der Waals surface area contributed by atoms with E-state index in [0.29, 0.717) is 34.6 Å². The monoisotopic (exact) mass is 376 g/mol. The van der Waals surface area contributed by atoms with Gasteiger partial charge in [-0.15, -0.1) is 0 Å². The Balaban J connectivity index is 1.75. The molecule has 0 saturated heterocycles. The summed E-state index contributed by atoms with van der Waals surface area (Å²) in [5, 5.41) is 19.5. The third-order valence-electron chi connectivity index (χ3n) is 3.69. The predicted molar refractivity (Wildman–Crippen MR) is 98.1 cm³/mol. The molecular formula is C17H18ClFN6O. The lowest BCUT2D eigenvalue weighted by Crippen LogP contribution is -2.11. The number of nitrogens with zero attached hydrogens (tertiary/aromatic N) is 4. The summed E-state index contributed by atoms with van der Waals surface area (Å²) >= 11 is 6.16. The summed E-state index contributed by atoms with van der Waals surface area (Å²) < 4.78 is 15.5. The number of aliphatic hydroxyl groups excluding tert-OH is 1. The van der Waals surface area contributed by atoms with Crippen LogP contribution in [0.25, 0.3) is 0 Å². The molecule has 2 aromatic heterocycles. The van der Waals surface area contributed by atoms with E-state index in [9.17, 15) is 4.39 Å². The molecular weight excluding hydrogens is 359 g/mol. The molecule has 0 fully saturated rings. The van der Waals surface area contributed by atoms with Crippen molar-refractivity contribution >= 4 is 29.1 Å². The molecule has 0 aliphatic carbocycles. The molecule has 26 heavy (non-hydrogen) atoms. The van der Waals surface area contributed by atoms with E-state index in [1.54, 1.807) is 35.3 Å². The number of rotatable bonds is 7. The number of benzene rings is 1. The van der Waals surface area contributed by atoms with Crippen molar-refractivity contribution < 1.29 is 9.50 Å². The second-order valence-corrected chi connectivity index (χ2v) is 6.03. The first-order chi connectivity index (χ1) is 12.6. The van der Waals surface area contributed by atoms with E-state index in [1.807, 2.05) is 6.92 Å². The van der Waals surface area contributed by atoms with E-state index in [0.717, 1.165) is 0 Å². The van der Waals surface area contributed by atoms with Gasteiger partial charge < -0.3 is 15.7 Å². The van der Waals surface area contributed by atoms with Crippen LogP contribution in [0.2, 0.25) is 5.02 Å². The number of aliphatic hydroxyl groups is 1. The zero-order chi connectivity index (χ0) is 18.5. The quantitative estimate of drug-likeness (QED) is 0.586. The normalized spacial score (nSPS) is 12.0. The van der Waals surface area contributed by atoms with E-state index in [1.165, 1.54) is 12.3 Å². The molecule has 9 heteroatoms. The van der Waals surface area contributed by atoms with Gasteiger partial charge in [0.05, 0.1) is 37.3 Å². The minimum absolute atomic E-state index is 0.000563. The van der Waals surface area contributed by atoms with Crippen LogP contribution in [0.1, 0.15) is 18.5 Å². The summed E-state index contributed by atoms with van der Waals surface area (Å²) in [6.45, 7) is 2.22. The summed E-state index contributed by atoms with van der Waals surface area (Å²) in [6.07, 6.45) is 4.79. The molecule has 0 bridgehead atoms. The molecule has 0 radical (unpaired) electrons. The summed E-state index contributed by atoms with van der Waals surface area (Å²) in [7, 11) is 0. The van der Waals surface area contributed by atoms with Crippen LogP contribution in [0.15, 0.2) is 42.9 Å². The Kier molecular flexibility index (Phi) is 5.65. The Bertz CT molecular complexity index is 887. The van der Waals surface area contributed by atoms with Crippen molar-refractivity contribution in [2.24, 2.45) is 0 Å². The highest BCUT2D eigenvalue weighted by Gasteiger charge is 2.14. The molecule has 3 N–H and O–H groups in total. The molecule has 0 spiro atoms. The SMILES string of the molecule is CC(Nc1nc(Nc2cnn(CCO)c2)ncc1Cl)c1ccccc1F. The lowest BCUT2D eigenvalue weighted by Gasteiger charge is -2.17. The second-order valence-electron chi connectivity index (χ2n) is 5.62. The van der Waals surface area contributed by atoms with Gasteiger partial charge >= 0.3 is 0 Å². The van der Waals surface area contributed by atoms with E-state index in [4.69, 9.17) is 16.7 Å². The van der Waals surface area contributed by atoms with Crippen molar-refractivity contribution in [2.75, 3.05) is 17.2 Å². The standard InChI is InChI=1S/C17H18ClFN6O/c1-11(13-4-2-3-5-15(13)19)22-16-14(18)9-20-17(24-16)23-12-8-21-25(10-12)6-7-26/h2-5,8-11,26H,6-7H2,1H3,(H2,20,22,23,24). The van der Waals surface area contributed by atoms with Gasteiger partial charge in [-0.05, 0) is 13.0 Å². The topological polar surface area (TPSA) is 87.9 Å². The number of hydrogen-bond donors (Lipinski definition) is 3. The van der Waals surface area contributed by atoms with Crippen LogP contribution in [0.3, 0.4) is 0 Å². The van der Waals surface area contributed by atoms with E-state index < -0.39 is 0 Å². The Morgan fingerprint density at radius 2 is 2.12 bits per heavy atom. The number of anilines is 3. The molecule has 0 saturated carbocycles. The Labute approximate surface area is 154 Å². The predicted octanol–water partition coefficient (Wildman–Crippen LogP) is 3.37. The fourth-order valence-electron chi connectivity index (χ4n) is 2.42. The van der Waals surface area contributed by atoms with Gasteiger partial charge in [0.25, 0.3) is 0 Å². The smallest absolute Gasteiger partial charge is 0.229 e. The van der Waals surface area contributed by atoms with Gasteiger partial charge in [-0.25, -0.2) is 9.37 Å². The van der Waals surface area contributed by atoms with E-state index in [-0.39, 0.29) is 18.5 Å². The molecule has 0 amide bonds. The van der Waals surface area contributed by atoms with Gasteiger partial charge in [0.2, 0.25) is 5.95 Å². The summed E-state index contributed by atoms with van der Waals surface area (Å²) in [5.74, 6) is 0.413. The average molecular weight is 377 g/mol. The van der Waals surface area contributed by atoms with Crippen molar-refractivity contribution in [3.8, 4) is 0 Å². The molecule has 3 aromatic rings. The van der Waals surface area contributed by atoms with E-state index >= 15 is 0 Å². The minimum Gasteiger partial charge on any atom is -0.394 e. The highest BCUT2D eigenvalue weighted by Crippen LogP contribution is 2.26. The minimum atomic E-state index is -0.330. The molecule has 136 valence electrons. The average Bonchev–Trinajstić information content (AvgIpc) is 3.05. The number of aromatic nitrogens is 4. The number of hydrogen-bond acceptors (Lipinski definition) is 6. The fourth-order valence-corrected chi connectivity index (χ4v) is 2.57. The van der Waals surface area contributed by atoms with Crippen LogP contribution in [0.4, 0.5) is 21.8 Å². The molecule has 0 aliphatic rings. The molecule has 0 aliphatic heterocycles. The highest BCUT2D eigenvalue weighted by atomic mass is 35.5. The fraction of sp³-hybridized carbons (Fsp3) is 0.235. The Morgan fingerprint density at radius 3 is 2.88 bits per heavy atom. The third kappa shape index (κ3) is 4.27. The van der Waals surface area contributed by atoms with Crippen molar-refractivity contribution in [3.05, 3.63) is 59.3 Å². The Hall–Kier alpha value is -2.71. The maximum absolute atomic E-state index is 13.9. The summed E-state index contributed by atoms with van der Waals surface area (Å²) in [4.78, 5) is 8.48. The first-order valence-corrected chi connectivity index (χ1v) is 8.38. The van der Waals surface area contributed by atoms with Gasteiger partial charge in [0, 0.05) is 11.8 Å². The molecule has 1 atom stereocenters. The number of nitrogens with one attached hydrogen (secondary N) is 2. The van der Waals surface area contributed by atoms with Crippen LogP contribution < -0.4 is 10.6 Å². The third-order valence-corrected chi connectivity index (χ3v) is 3.96. The molecule has 3 rings (SSSR count). The van der Waals surface area contributed by atoms with Crippen LogP contribution in [0, 0.1) is 5.82 Å². The van der Waals surface area contributed by atoms with Crippen molar-refractivity contribution in [1.29, 1.82) is 0 Å². The highest BCUT2D eigenvalue weighted by molar-refractivity contribution is 6.32. The van der Waals surface area contributed by atoms with Crippen LogP contribution in [0.5, 0.6) is 0 Å². The second kappa shape index (κ2) is 8.11. The molecule has 2 heterocycles. The van der Waals surface area contributed by atoms with Crippen LogP contribution in [-0.4, -0.2) is 31.5 Å². The van der Waals surface area contributed by atoms with Gasteiger partial charge in [0.1, 0.15) is 10.8 Å². The zero-order valence-corrected chi connectivity index (χ0v) is 14.8. The first kappa shape index (κ1) is 18.1. The van der Waals surface area contributed by atoms with Crippen LogP contribution in [-0.2, 0) is 6.54 Å². The van der Waals surface area contributed by atoms with Crippen molar-refractivity contribution in [2.45, 2.75) is 19.5 Å². The number of halogens is 2. The van der Waals surface area contributed by atoms with E-state index in [2.05, 4.69) is 25.7 Å². The summed E-state index contributed by atoms with van der Waals surface area (Å²) in [6, 6.07) is 6.20. The lowest BCUT2D eigenvalue weighted by atomic mass is 10.1. The van der Waals surface area contributed by atoms with Gasteiger partial charge in [-0.2, -0.15) is 10.1 Å². The molecule has 1 aromatic carbocycles. The molecule has 7 nitrogen and oxygen atoms in total. The molecule has 1 unspecified atom stereocenters. The van der Waals surface area contributed by atoms with Gasteiger partial charge in [-0.1, -0.05) is 29.8 Å². The van der Waals surface area contributed by atoms with Gasteiger partial charge in [0.15, 0.2) is 5.82 Å². The maximum atomic E-state index is 13.9. The van der Waals surface area contributed by atoms with Gasteiger partial charge in [-0.3, -0.25) is 4.68 Å². The zero-order valence-electron chi connectivity index (χ0n) is 14.0. The van der Waals surface area contributed by atoms with Crippen molar-refractivity contribution in [1.82, 2.24) is 19.7 Å². The Morgan fingerprint density at radius 1 is 1.31 bits per heavy atom. The van der Waals surface area contributed by atoms with Crippen LogP contribution >= 0.6 is 11.6 Å². The lowest BCUT2D eigenvalue weighted by molar-refractivity contribution is 0.269. The largest absolute Gasteiger partial charge is 0.394 e. The first-order valence-electron chi connectivity index (χ1n) is 8.00. The maximum Gasteiger partial charge on any atom is 0.229 e. The summed E-state index contributed by atoms with van der Waals surface area (Å²) in [5.41, 5.74) is 1.19.